The van der Waals surface area contributed by atoms with Crippen LogP contribution in [0.2, 0.25) is 0 Å². The molecule has 25 heavy (non-hydrogen) atoms. The third kappa shape index (κ3) is 3.76. The Hall–Kier alpha value is -1.36. The lowest BCUT2D eigenvalue weighted by Gasteiger charge is -2.20. The number of nitrogens with zero attached hydrogens (tertiary/aromatic N) is 1. The van der Waals surface area contributed by atoms with Crippen molar-refractivity contribution in [2.75, 3.05) is 23.4 Å². The number of hydrogen-bond donors (Lipinski definition) is 4. The first kappa shape index (κ1) is 17.1. The second-order valence-corrected chi connectivity index (χ2v) is 9.07. The fourth-order valence-corrected chi connectivity index (χ4v) is 5.64. The molecule has 0 radical (unpaired) electrons. The molecule has 3 atom stereocenters. The van der Waals surface area contributed by atoms with Crippen LogP contribution >= 0.6 is 35.3 Å². The summed E-state index contributed by atoms with van der Waals surface area (Å²) in [5.41, 5.74) is 1.43. The van der Waals surface area contributed by atoms with Gasteiger partial charge in [0.15, 0.2) is 5.37 Å². The normalized spacial score (nSPS) is 27.4. The summed E-state index contributed by atoms with van der Waals surface area (Å²) in [5.74, 6) is 1.45. The highest BCUT2D eigenvalue weighted by atomic mass is 32.2. The summed E-state index contributed by atoms with van der Waals surface area (Å²) in [6.45, 7) is 0.892. The summed E-state index contributed by atoms with van der Waals surface area (Å²) < 4.78 is 0. The molecule has 1 saturated heterocycles. The van der Waals surface area contributed by atoms with Crippen molar-refractivity contribution in [3.05, 3.63) is 30.1 Å². The highest BCUT2D eigenvalue weighted by Gasteiger charge is 2.33. The number of rotatable bonds is 4. The van der Waals surface area contributed by atoms with E-state index in [1.54, 1.807) is 35.9 Å². The minimum absolute atomic E-state index is 0.0515. The smallest absolute Gasteiger partial charge is 0.254 e. The molecule has 4 heterocycles. The maximum absolute atomic E-state index is 12.6. The Balaban J connectivity index is 1.35. The zero-order chi connectivity index (χ0) is 17.2. The molecule has 4 rings (SSSR count). The molecule has 3 aliphatic heterocycles. The summed E-state index contributed by atoms with van der Waals surface area (Å²) >= 11 is 4.68. The van der Waals surface area contributed by atoms with Gasteiger partial charge in [0.25, 0.3) is 11.8 Å². The van der Waals surface area contributed by atoms with Crippen molar-refractivity contribution in [1.29, 1.82) is 0 Å². The minimum Gasteiger partial charge on any atom is -0.363 e. The molecule has 0 bridgehead atoms. The van der Waals surface area contributed by atoms with Crippen LogP contribution in [-0.4, -0.2) is 51.1 Å². The van der Waals surface area contributed by atoms with Crippen LogP contribution in [-0.2, 0) is 9.59 Å². The Bertz CT molecular complexity index is 698. The molecule has 0 spiro atoms. The van der Waals surface area contributed by atoms with Gasteiger partial charge in [0.2, 0.25) is 0 Å². The Kier molecular flexibility index (Phi) is 5.11. The first-order valence-electron chi connectivity index (χ1n) is 7.86. The Morgan fingerprint density at radius 2 is 2.20 bits per heavy atom. The van der Waals surface area contributed by atoms with Crippen molar-refractivity contribution >= 4 is 52.8 Å². The topological polar surface area (TPSA) is 95.2 Å². The summed E-state index contributed by atoms with van der Waals surface area (Å²) in [6, 6.07) is 1.88. The van der Waals surface area contributed by atoms with Gasteiger partial charge in [-0.05, 0) is 6.07 Å². The number of anilines is 1. The van der Waals surface area contributed by atoms with Gasteiger partial charge in [-0.3, -0.25) is 19.9 Å². The van der Waals surface area contributed by atoms with Crippen molar-refractivity contribution in [3.8, 4) is 0 Å². The maximum Gasteiger partial charge on any atom is 0.254 e. The van der Waals surface area contributed by atoms with Crippen molar-refractivity contribution in [3.63, 3.8) is 0 Å². The summed E-state index contributed by atoms with van der Waals surface area (Å²) in [4.78, 5) is 30.1. The number of aromatic nitrogens is 1. The fourth-order valence-electron chi connectivity index (χ4n) is 2.70. The van der Waals surface area contributed by atoms with Crippen molar-refractivity contribution in [2.45, 2.75) is 21.1 Å². The molecule has 1 fully saturated rings. The van der Waals surface area contributed by atoms with Crippen LogP contribution in [0, 0.1) is 0 Å². The van der Waals surface area contributed by atoms with E-state index in [2.05, 4.69) is 26.3 Å². The van der Waals surface area contributed by atoms with Crippen LogP contribution in [0.4, 0.5) is 5.69 Å². The molecule has 7 nitrogen and oxygen atoms in total. The van der Waals surface area contributed by atoms with E-state index in [0.717, 1.165) is 22.9 Å². The van der Waals surface area contributed by atoms with Crippen LogP contribution in [0.15, 0.2) is 35.0 Å². The number of pyridine rings is 1. The number of hydrogen-bond acceptors (Lipinski definition) is 8. The molecule has 3 aliphatic rings. The number of nitrogens with one attached hydrogen (secondary N) is 4. The molecule has 132 valence electrons. The Morgan fingerprint density at radius 1 is 1.28 bits per heavy atom. The minimum atomic E-state index is -0.406. The van der Waals surface area contributed by atoms with E-state index in [-0.39, 0.29) is 22.7 Å². The number of carbonyl (C=O) groups excluding carboxylic acids is 2. The second-order valence-electron chi connectivity index (χ2n) is 5.57. The van der Waals surface area contributed by atoms with E-state index in [9.17, 15) is 9.59 Å². The summed E-state index contributed by atoms with van der Waals surface area (Å²) in [7, 11) is 0. The summed E-state index contributed by atoms with van der Waals surface area (Å²) in [6.07, 6.45) is 5.31. The zero-order valence-electron chi connectivity index (χ0n) is 13.2. The van der Waals surface area contributed by atoms with Crippen molar-refractivity contribution in [2.24, 2.45) is 0 Å². The second kappa shape index (κ2) is 7.48. The third-order valence-corrected chi connectivity index (χ3v) is 7.21. The lowest BCUT2D eigenvalue weighted by molar-refractivity contribution is -0.120. The highest BCUT2D eigenvalue weighted by molar-refractivity contribution is 8.01. The molecule has 0 aliphatic carbocycles. The van der Waals surface area contributed by atoms with E-state index >= 15 is 0 Å². The highest BCUT2D eigenvalue weighted by Crippen LogP contribution is 2.37. The Labute approximate surface area is 157 Å². The molecule has 10 heteroatoms. The van der Waals surface area contributed by atoms with Gasteiger partial charge in [-0.2, -0.15) is 0 Å². The van der Waals surface area contributed by atoms with Gasteiger partial charge in [-0.25, -0.2) is 0 Å². The molecule has 0 aromatic carbocycles. The molecule has 3 unspecified atom stereocenters. The maximum atomic E-state index is 12.6. The molecule has 4 N–H and O–H groups in total. The zero-order valence-corrected chi connectivity index (χ0v) is 15.6. The predicted octanol–water partition coefficient (Wildman–Crippen LogP) is 0.777. The number of amides is 2. The van der Waals surface area contributed by atoms with Crippen LogP contribution in [0.1, 0.15) is 0 Å². The average molecular weight is 396 g/mol. The van der Waals surface area contributed by atoms with E-state index in [1.165, 1.54) is 11.8 Å². The predicted molar refractivity (Wildman–Crippen MR) is 102 cm³/mol. The SMILES string of the molecule is O=C(NC1NCCS1)C1=CCSC1NC(=O)C1Nc2cnccc2S1. The molecule has 1 aromatic rings. The van der Waals surface area contributed by atoms with Gasteiger partial charge in [0, 0.05) is 34.7 Å². The lowest BCUT2D eigenvalue weighted by atomic mass is 10.2. The fraction of sp³-hybridized carbons (Fsp3) is 0.400. The van der Waals surface area contributed by atoms with Gasteiger partial charge < -0.3 is 16.0 Å². The average Bonchev–Trinajstić information content (AvgIpc) is 3.34. The largest absolute Gasteiger partial charge is 0.363 e. The van der Waals surface area contributed by atoms with Crippen molar-refractivity contribution < 1.29 is 9.59 Å². The van der Waals surface area contributed by atoms with Crippen LogP contribution in [0.5, 0.6) is 0 Å². The third-order valence-electron chi connectivity index (χ3n) is 3.91. The van der Waals surface area contributed by atoms with Gasteiger partial charge in [0.1, 0.15) is 10.9 Å². The molecular weight excluding hydrogens is 378 g/mol. The van der Waals surface area contributed by atoms with E-state index in [1.807, 2.05) is 12.1 Å². The van der Waals surface area contributed by atoms with Gasteiger partial charge in [-0.15, -0.1) is 23.5 Å². The van der Waals surface area contributed by atoms with Crippen LogP contribution in [0.25, 0.3) is 0 Å². The molecule has 1 aromatic heterocycles. The first-order chi connectivity index (χ1) is 12.2. The monoisotopic (exact) mass is 395 g/mol. The van der Waals surface area contributed by atoms with E-state index in [4.69, 9.17) is 0 Å². The van der Waals surface area contributed by atoms with Crippen molar-refractivity contribution in [1.82, 2.24) is 20.9 Å². The quantitative estimate of drug-likeness (QED) is 0.594. The lowest BCUT2D eigenvalue weighted by Crippen LogP contribution is -2.46. The Morgan fingerprint density at radius 3 is 3.00 bits per heavy atom. The number of fused-ring (bicyclic) bond motifs is 1. The van der Waals surface area contributed by atoms with Gasteiger partial charge in [-0.1, -0.05) is 17.8 Å². The number of carbonyl (C=O) groups is 2. The standard InChI is InChI=1S/C15H17N5O2S3/c21-11(20-15-17-4-6-24-15)8-2-5-23-13(8)19-12(22)14-18-9-7-16-3-1-10(9)25-14/h1-3,7,13-15,17-18H,4-6H2,(H,19,22)(H,20,21). The molecule has 2 amide bonds. The summed E-state index contributed by atoms with van der Waals surface area (Å²) in [5, 5.41) is 11.6. The molecule has 0 saturated carbocycles. The van der Waals surface area contributed by atoms with Crippen LogP contribution < -0.4 is 21.3 Å². The van der Waals surface area contributed by atoms with E-state index < -0.39 is 5.37 Å². The first-order valence-corrected chi connectivity index (χ1v) is 10.8. The van der Waals surface area contributed by atoms with E-state index in [0.29, 0.717) is 11.3 Å². The van der Waals surface area contributed by atoms with Gasteiger partial charge in [0.05, 0.1) is 11.9 Å². The van der Waals surface area contributed by atoms with Gasteiger partial charge >= 0.3 is 0 Å². The number of thioether (sulfide) groups is 3. The van der Waals surface area contributed by atoms with Crippen LogP contribution in [0.3, 0.4) is 0 Å². The molecular formula is C15H17N5O2S3.